The number of aryl methyl sites for hydroxylation is 1. The molecule has 2 aromatic rings. The molecule has 7 heteroatoms. The van der Waals surface area contributed by atoms with Gasteiger partial charge in [0, 0.05) is 35.0 Å². The van der Waals surface area contributed by atoms with E-state index >= 15 is 0 Å². The van der Waals surface area contributed by atoms with Gasteiger partial charge in [0.05, 0.1) is 11.5 Å². The first-order valence-electron chi connectivity index (χ1n) is 6.21. The summed E-state index contributed by atoms with van der Waals surface area (Å²) in [6, 6.07) is 4.84. The molecular formula is C13H14BrN3O3. The van der Waals surface area contributed by atoms with Crippen LogP contribution >= 0.6 is 15.9 Å². The lowest BCUT2D eigenvalue weighted by atomic mass is 10.2. The zero-order valence-electron chi connectivity index (χ0n) is 11.0. The smallest absolute Gasteiger partial charge is 0.299 e. The van der Waals surface area contributed by atoms with Crippen molar-refractivity contribution in [1.29, 1.82) is 0 Å². The molecule has 0 atom stereocenters. The van der Waals surface area contributed by atoms with Crippen molar-refractivity contribution in [2.45, 2.75) is 26.4 Å². The highest BCUT2D eigenvalue weighted by molar-refractivity contribution is 9.10. The van der Waals surface area contributed by atoms with E-state index in [1.165, 1.54) is 10.6 Å². The van der Waals surface area contributed by atoms with E-state index in [0.717, 1.165) is 6.42 Å². The van der Waals surface area contributed by atoms with Gasteiger partial charge >= 0.3 is 5.69 Å². The fourth-order valence-corrected chi connectivity index (χ4v) is 2.36. The van der Waals surface area contributed by atoms with E-state index in [9.17, 15) is 14.9 Å². The molecule has 6 nitrogen and oxygen atoms in total. The van der Waals surface area contributed by atoms with Crippen molar-refractivity contribution in [1.82, 2.24) is 9.13 Å². The summed E-state index contributed by atoms with van der Waals surface area (Å²) < 4.78 is 3.72. The van der Waals surface area contributed by atoms with Crippen LogP contribution in [0.2, 0.25) is 0 Å². The van der Waals surface area contributed by atoms with Crippen molar-refractivity contribution < 1.29 is 4.92 Å². The molecule has 1 aromatic carbocycles. The number of nitro groups is 1. The summed E-state index contributed by atoms with van der Waals surface area (Å²) in [7, 11) is 0. The number of hydrogen-bond acceptors (Lipinski definition) is 3. The Morgan fingerprint density at radius 2 is 2.00 bits per heavy atom. The summed E-state index contributed by atoms with van der Waals surface area (Å²) in [4.78, 5) is 22.7. The minimum atomic E-state index is -0.436. The second-order valence-electron chi connectivity index (χ2n) is 4.43. The van der Waals surface area contributed by atoms with Crippen molar-refractivity contribution in [3.05, 3.63) is 61.2 Å². The minimum absolute atomic E-state index is 0.00881. The van der Waals surface area contributed by atoms with Gasteiger partial charge in [-0.15, -0.1) is 0 Å². The average Bonchev–Trinajstić information content (AvgIpc) is 2.74. The molecule has 2 rings (SSSR count). The largest absolute Gasteiger partial charge is 0.328 e. The van der Waals surface area contributed by atoms with Crippen LogP contribution in [0.25, 0.3) is 0 Å². The molecule has 0 fully saturated rings. The summed E-state index contributed by atoms with van der Waals surface area (Å²) in [6.45, 7) is 2.83. The topological polar surface area (TPSA) is 70.1 Å². The predicted molar refractivity (Wildman–Crippen MR) is 78.9 cm³/mol. The van der Waals surface area contributed by atoms with E-state index in [0.29, 0.717) is 16.6 Å². The van der Waals surface area contributed by atoms with Crippen molar-refractivity contribution in [3.63, 3.8) is 0 Å². The van der Waals surface area contributed by atoms with Gasteiger partial charge in [-0.05, 0) is 18.6 Å². The Labute approximate surface area is 123 Å². The van der Waals surface area contributed by atoms with E-state index in [1.54, 1.807) is 29.1 Å². The standard InChI is InChI=1S/C13H14BrN3O3/c1-2-5-15-6-7-16(13(15)18)9-10-3-4-11(14)8-12(10)17(19)20/h3-4,6-8H,2,5,9H2,1H3. The molecule has 0 aliphatic carbocycles. The van der Waals surface area contributed by atoms with Gasteiger partial charge in [-0.2, -0.15) is 0 Å². The second-order valence-corrected chi connectivity index (χ2v) is 5.35. The fraction of sp³-hybridized carbons (Fsp3) is 0.308. The van der Waals surface area contributed by atoms with E-state index in [1.807, 2.05) is 6.92 Å². The van der Waals surface area contributed by atoms with E-state index in [-0.39, 0.29) is 17.9 Å². The number of imidazole rings is 1. The zero-order chi connectivity index (χ0) is 14.7. The number of benzene rings is 1. The molecule has 106 valence electrons. The maximum Gasteiger partial charge on any atom is 0.328 e. The number of nitro benzene ring substituents is 1. The predicted octanol–water partition coefficient (Wildman–Crippen LogP) is 2.78. The van der Waals surface area contributed by atoms with E-state index < -0.39 is 4.92 Å². The Morgan fingerprint density at radius 3 is 2.65 bits per heavy atom. The Bertz CT molecular complexity index is 690. The SMILES string of the molecule is CCCn1ccn(Cc2ccc(Br)cc2[N+](=O)[O-])c1=O. The first-order valence-corrected chi connectivity index (χ1v) is 7.00. The highest BCUT2D eigenvalue weighted by atomic mass is 79.9. The molecule has 0 unspecified atom stereocenters. The summed E-state index contributed by atoms with van der Waals surface area (Å²) in [5.74, 6) is 0. The average molecular weight is 340 g/mol. The summed E-state index contributed by atoms with van der Waals surface area (Å²) in [5, 5.41) is 11.0. The van der Waals surface area contributed by atoms with Crippen LogP contribution in [0.15, 0.2) is 39.9 Å². The minimum Gasteiger partial charge on any atom is -0.299 e. The van der Waals surface area contributed by atoms with Crippen LogP contribution in [0.4, 0.5) is 5.69 Å². The molecule has 0 N–H and O–H groups in total. The van der Waals surface area contributed by atoms with Crippen LogP contribution in [0.3, 0.4) is 0 Å². The van der Waals surface area contributed by atoms with Gasteiger partial charge in [0.1, 0.15) is 0 Å². The maximum atomic E-state index is 12.1. The maximum absolute atomic E-state index is 12.1. The number of halogens is 1. The third-order valence-corrected chi connectivity index (χ3v) is 3.46. The molecular weight excluding hydrogens is 326 g/mol. The molecule has 0 aliphatic rings. The quantitative estimate of drug-likeness (QED) is 0.621. The summed E-state index contributed by atoms with van der Waals surface area (Å²) in [6.07, 6.45) is 4.22. The molecule has 0 aliphatic heterocycles. The summed E-state index contributed by atoms with van der Waals surface area (Å²) in [5.41, 5.74) is 0.369. The number of rotatable bonds is 5. The molecule has 0 saturated carbocycles. The molecule has 20 heavy (non-hydrogen) atoms. The zero-order valence-corrected chi connectivity index (χ0v) is 12.5. The number of nitrogens with zero attached hydrogens (tertiary/aromatic N) is 3. The van der Waals surface area contributed by atoms with Crippen LogP contribution in [-0.4, -0.2) is 14.1 Å². The van der Waals surface area contributed by atoms with Gasteiger partial charge in [-0.25, -0.2) is 4.79 Å². The Hall–Kier alpha value is -1.89. The van der Waals surface area contributed by atoms with Crippen molar-refractivity contribution in [3.8, 4) is 0 Å². The molecule has 0 radical (unpaired) electrons. The Kier molecular flexibility index (Phi) is 4.39. The Morgan fingerprint density at radius 1 is 1.30 bits per heavy atom. The van der Waals surface area contributed by atoms with Crippen molar-refractivity contribution in [2.75, 3.05) is 0 Å². The first kappa shape index (κ1) is 14.5. The van der Waals surface area contributed by atoms with E-state index in [4.69, 9.17) is 0 Å². The molecule has 0 saturated heterocycles. The molecule has 0 amide bonds. The van der Waals surface area contributed by atoms with Crippen LogP contribution in [0, 0.1) is 10.1 Å². The van der Waals surface area contributed by atoms with Gasteiger partial charge in [-0.3, -0.25) is 19.2 Å². The van der Waals surface area contributed by atoms with Gasteiger partial charge in [0.15, 0.2) is 0 Å². The fourth-order valence-electron chi connectivity index (χ4n) is 2.01. The molecule has 1 aromatic heterocycles. The molecule has 1 heterocycles. The second kappa shape index (κ2) is 6.04. The summed E-state index contributed by atoms with van der Waals surface area (Å²) >= 11 is 3.21. The van der Waals surface area contributed by atoms with Crippen molar-refractivity contribution in [2.24, 2.45) is 0 Å². The van der Waals surface area contributed by atoms with Crippen LogP contribution in [0.5, 0.6) is 0 Å². The molecule has 0 spiro atoms. The lowest BCUT2D eigenvalue weighted by molar-refractivity contribution is -0.385. The third kappa shape index (κ3) is 2.98. The Balaban J connectivity index is 2.35. The number of hydrogen-bond donors (Lipinski definition) is 0. The monoisotopic (exact) mass is 339 g/mol. The van der Waals surface area contributed by atoms with Gasteiger partial charge < -0.3 is 0 Å². The normalized spacial score (nSPS) is 10.7. The van der Waals surface area contributed by atoms with Gasteiger partial charge in [-0.1, -0.05) is 22.9 Å². The third-order valence-electron chi connectivity index (χ3n) is 2.97. The van der Waals surface area contributed by atoms with E-state index in [2.05, 4.69) is 15.9 Å². The number of aromatic nitrogens is 2. The van der Waals surface area contributed by atoms with Gasteiger partial charge in [0.2, 0.25) is 0 Å². The highest BCUT2D eigenvalue weighted by Crippen LogP contribution is 2.23. The van der Waals surface area contributed by atoms with Crippen LogP contribution < -0.4 is 5.69 Å². The molecule has 0 bridgehead atoms. The first-order chi connectivity index (χ1) is 9.52. The van der Waals surface area contributed by atoms with Crippen LogP contribution in [-0.2, 0) is 13.1 Å². The lowest BCUT2D eigenvalue weighted by Gasteiger charge is -2.04. The lowest BCUT2D eigenvalue weighted by Crippen LogP contribution is -2.24. The van der Waals surface area contributed by atoms with Crippen molar-refractivity contribution >= 4 is 21.6 Å². The highest BCUT2D eigenvalue weighted by Gasteiger charge is 2.15. The van der Waals surface area contributed by atoms with Gasteiger partial charge in [0.25, 0.3) is 5.69 Å². The van der Waals surface area contributed by atoms with Crippen LogP contribution in [0.1, 0.15) is 18.9 Å².